The van der Waals surface area contributed by atoms with Crippen LogP contribution in [0.1, 0.15) is 56.9 Å². The lowest BCUT2D eigenvalue weighted by atomic mass is 9.90. The van der Waals surface area contributed by atoms with Crippen LogP contribution in [0.5, 0.6) is 0 Å². The average Bonchev–Trinajstić information content (AvgIpc) is 2.86. The van der Waals surface area contributed by atoms with Gasteiger partial charge in [0, 0.05) is 52.2 Å². The molecule has 3 aliphatic heterocycles. The molecule has 37 heavy (non-hydrogen) atoms. The fourth-order valence-electron chi connectivity index (χ4n) is 5.20. The fraction of sp³-hybridized carbons (Fsp3) is 0.654. The number of halogens is 2. The molecule has 2 N–H and O–H groups in total. The highest BCUT2D eigenvalue weighted by atomic mass is 19.1. The van der Waals surface area contributed by atoms with Crippen molar-refractivity contribution >= 4 is 23.6 Å². The number of carbonyl (C=O) groups is 3. The maximum atomic E-state index is 15.5. The number of piperazine rings is 1. The second kappa shape index (κ2) is 12.2. The Kier molecular flexibility index (Phi) is 8.96. The van der Waals surface area contributed by atoms with Crippen LogP contribution in [0.2, 0.25) is 0 Å². The quantitative estimate of drug-likeness (QED) is 0.401. The van der Waals surface area contributed by atoms with E-state index in [9.17, 15) is 18.8 Å². The van der Waals surface area contributed by atoms with E-state index in [1.165, 1.54) is 6.07 Å². The molecule has 0 saturated carbocycles. The molecule has 0 radical (unpaired) electrons. The van der Waals surface area contributed by atoms with Crippen LogP contribution in [0.15, 0.2) is 18.2 Å². The van der Waals surface area contributed by atoms with Gasteiger partial charge in [-0.15, -0.1) is 0 Å². The largest absolute Gasteiger partial charge is 0.449 e. The topological polar surface area (TPSA) is 94.2 Å². The molecule has 0 aromatic heterocycles. The van der Waals surface area contributed by atoms with E-state index in [0.29, 0.717) is 82.9 Å². The Morgan fingerprint density at radius 2 is 1.89 bits per heavy atom. The normalized spacial score (nSPS) is 23.0. The molecular formula is C26H37F2N5O4. The summed E-state index contributed by atoms with van der Waals surface area (Å²) in [6, 6.07) is 4.83. The van der Waals surface area contributed by atoms with Gasteiger partial charge in [0.2, 0.25) is 11.8 Å². The van der Waals surface area contributed by atoms with Crippen LogP contribution >= 0.6 is 0 Å². The van der Waals surface area contributed by atoms with E-state index in [4.69, 9.17) is 4.74 Å². The number of imide groups is 1. The van der Waals surface area contributed by atoms with Gasteiger partial charge in [-0.05, 0) is 43.4 Å². The molecule has 3 fully saturated rings. The van der Waals surface area contributed by atoms with E-state index in [1.54, 1.807) is 17.1 Å². The predicted octanol–water partition coefficient (Wildman–Crippen LogP) is 2.71. The Morgan fingerprint density at radius 1 is 1.16 bits per heavy atom. The summed E-state index contributed by atoms with van der Waals surface area (Å²) in [6.45, 7) is 5.93. The van der Waals surface area contributed by atoms with Gasteiger partial charge in [-0.2, -0.15) is 0 Å². The third-order valence-electron chi connectivity index (χ3n) is 7.47. The summed E-state index contributed by atoms with van der Waals surface area (Å²) in [5.41, 5.74) is 2.40. The van der Waals surface area contributed by atoms with Crippen molar-refractivity contribution in [1.29, 1.82) is 0 Å². The summed E-state index contributed by atoms with van der Waals surface area (Å²) in [5, 5.41) is 4.03. The number of nitrogens with zero attached hydrogens (tertiary/aromatic N) is 3. The van der Waals surface area contributed by atoms with E-state index in [2.05, 4.69) is 15.6 Å². The third kappa shape index (κ3) is 7.16. The number of unbranched alkanes of at least 4 members (excludes halogenated alkanes) is 1. The lowest BCUT2D eigenvalue weighted by Gasteiger charge is -2.42. The zero-order chi connectivity index (χ0) is 26.4. The highest BCUT2D eigenvalue weighted by Crippen LogP contribution is 2.31. The summed E-state index contributed by atoms with van der Waals surface area (Å²) in [4.78, 5) is 39.3. The number of carbonyl (C=O) groups excluding carboxylic acids is 3. The van der Waals surface area contributed by atoms with Gasteiger partial charge in [0.15, 0.2) is 0 Å². The van der Waals surface area contributed by atoms with E-state index >= 15 is 4.39 Å². The highest BCUT2D eigenvalue weighted by molar-refractivity contribution is 6.00. The van der Waals surface area contributed by atoms with Crippen molar-refractivity contribution in [2.45, 2.75) is 57.0 Å². The van der Waals surface area contributed by atoms with Gasteiger partial charge in [-0.25, -0.2) is 18.6 Å². The molecule has 1 atom stereocenters. The molecule has 3 aliphatic rings. The molecule has 1 aromatic rings. The lowest BCUT2D eigenvalue weighted by Crippen LogP contribution is -2.56. The smallest absolute Gasteiger partial charge is 0.421 e. The molecular weight excluding hydrogens is 484 g/mol. The molecule has 0 aliphatic carbocycles. The second-order valence-electron chi connectivity index (χ2n) is 10.2. The first kappa shape index (κ1) is 27.3. The summed E-state index contributed by atoms with van der Waals surface area (Å²) in [6.07, 6.45) is 2.53. The molecule has 0 spiro atoms. The van der Waals surface area contributed by atoms with Crippen molar-refractivity contribution in [2.75, 3.05) is 57.3 Å². The number of anilines is 1. The van der Waals surface area contributed by atoms with E-state index in [0.717, 1.165) is 12.8 Å². The SMILES string of the molecule is CCCCOC(=O)NN1CCC(F)(CN2CCN(c3ccc(C4CCC(=O)NC4=O)cc3F)CC2)CC1. The molecule has 204 valence electrons. The first-order valence-electron chi connectivity index (χ1n) is 13.2. The predicted molar refractivity (Wildman–Crippen MR) is 134 cm³/mol. The van der Waals surface area contributed by atoms with Crippen molar-refractivity contribution in [1.82, 2.24) is 20.7 Å². The Balaban J connectivity index is 1.23. The van der Waals surface area contributed by atoms with Crippen LogP contribution < -0.4 is 15.6 Å². The van der Waals surface area contributed by atoms with Gasteiger partial charge in [-0.1, -0.05) is 19.4 Å². The van der Waals surface area contributed by atoms with Gasteiger partial charge in [-0.3, -0.25) is 25.2 Å². The van der Waals surface area contributed by atoms with Crippen molar-refractivity contribution in [3.8, 4) is 0 Å². The monoisotopic (exact) mass is 521 g/mol. The summed E-state index contributed by atoms with van der Waals surface area (Å²) < 4.78 is 35.6. The van der Waals surface area contributed by atoms with Gasteiger partial charge < -0.3 is 9.64 Å². The number of alkyl halides is 1. The Bertz CT molecular complexity index is 978. The van der Waals surface area contributed by atoms with Crippen molar-refractivity contribution < 1.29 is 27.9 Å². The van der Waals surface area contributed by atoms with E-state index in [1.807, 2.05) is 11.8 Å². The molecule has 11 heteroatoms. The highest BCUT2D eigenvalue weighted by Gasteiger charge is 2.37. The Labute approximate surface area is 216 Å². The first-order valence-corrected chi connectivity index (χ1v) is 13.2. The molecule has 4 rings (SSSR count). The standard InChI is InChI=1S/C26H37F2N5O4/c1-2-3-16-37-25(36)30-33-10-8-26(28,9-11-33)18-31-12-14-32(15-13-31)22-6-4-19(17-21(22)27)20-5-7-23(34)29-24(20)35/h4,6,17,20H,2-3,5,7-16,18H2,1H3,(H,30,36)(H,29,34,35). The maximum Gasteiger partial charge on any atom is 0.421 e. The van der Waals surface area contributed by atoms with Crippen LogP contribution in [0.4, 0.5) is 19.3 Å². The van der Waals surface area contributed by atoms with Crippen molar-refractivity contribution in [3.63, 3.8) is 0 Å². The number of hydrazine groups is 1. The molecule has 0 bridgehead atoms. The number of rotatable bonds is 8. The van der Waals surface area contributed by atoms with Gasteiger partial charge in [0.25, 0.3) is 0 Å². The van der Waals surface area contributed by atoms with Crippen LogP contribution in [0, 0.1) is 5.82 Å². The van der Waals surface area contributed by atoms with Gasteiger partial charge in [0.1, 0.15) is 11.5 Å². The minimum atomic E-state index is -1.33. The molecule has 9 nitrogen and oxygen atoms in total. The molecule has 1 aromatic carbocycles. The van der Waals surface area contributed by atoms with Crippen molar-refractivity contribution in [2.24, 2.45) is 0 Å². The van der Waals surface area contributed by atoms with Crippen LogP contribution in [-0.2, 0) is 14.3 Å². The Morgan fingerprint density at radius 3 is 2.54 bits per heavy atom. The maximum absolute atomic E-state index is 15.5. The van der Waals surface area contributed by atoms with E-state index in [-0.39, 0.29) is 18.2 Å². The molecule has 3 heterocycles. The second-order valence-corrected chi connectivity index (χ2v) is 10.2. The van der Waals surface area contributed by atoms with Gasteiger partial charge >= 0.3 is 6.09 Å². The molecule has 1 unspecified atom stereocenters. The number of benzene rings is 1. The number of piperidine rings is 2. The number of amides is 3. The van der Waals surface area contributed by atoms with Crippen LogP contribution in [-0.4, -0.2) is 85.9 Å². The fourth-order valence-corrected chi connectivity index (χ4v) is 5.20. The van der Waals surface area contributed by atoms with Crippen LogP contribution in [0.25, 0.3) is 0 Å². The van der Waals surface area contributed by atoms with E-state index < -0.39 is 23.5 Å². The van der Waals surface area contributed by atoms with Crippen molar-refractivity contribution in [3.05, 3.63) is 29.6 Å². The minimum absolute atomic E-state index is 0.248. The zero-order valence-corrected chi connectivity index (χ0v) is 21.4. The lowest BCUT2D eigenvalue weighted by molar-refractivity contribution is -0.134. The first-order chi connectivity index (χ1) is 17.8. The third-order valence-corrected chi connectivity index (χ3v) is 7.47. The summed E-state index contributed by atoms with van der Waals surface area (Å²) in [7, 11) is 0. The molecule has 3 amide bonds. The summed E-state index contributed by atoms with van der Waals surface area (Å²) in [5.74, 6) is -1.60. The zero-order valence-electron chi connectivity index (χ0n) is 21.4. The number of hydrogen-bond donors (Lipinski definition) is 2. The number of ether oxygens (including phenoxy) is 1. The van der Waals surface area contributed by atoms with Crippen LogP contribution in [0.3, 0.4) is 0 Å². The minimum Gasteiger partial charge on any atom is -0.449 e. The number of hydrogen-bond acceptors (Lipinski definition) is 7. The average molecular weight is 522 g/mol. The summed E-state index contributed by atoms with van der Waals surface area (Å²) >= 11 is 0. The molecule has 3 saturated heterocycles. The van der Waals surface area contributed by atoms with Gasteiger partial charge in [0.05, 0.1) is 18.2 Å². The number of nitrogens with one attached hydrogen (secondary N) is 2. The Hall–Kier alpha value is -2.79.